The second-order valence-corrected chi connectivity index (χ2v) is 11.4. The quantitative estimate of drug-likeness (QED) is 0.351. The van der Waals surface area contributed by atoms with Crippen molar-refractivity contribution in [3.8, 4) is 5.75 Å². The highest BCUT2D eigenvalue weighted by Crippen LogP contribution is 2.27. The zero-order chi connectivity index (χ0) is 28.0. The molecule has 4 rings (SSSR count). The van der Waals surface area contributed by atoms with Gasteiger partial charge in [-0.3, -0.25) is 9.78 Å². The van der Waals surface area contributed by atoms with Crippen LogP contribution < -0.4 is 9.46 Å². The molecule has 1 N–H and O–H groups in total. The molecule has 2 heterocycles. The number of benzene rings is 2. The van der Waals surface area contributed by atoms with Crippen molar-refractivity contribution in [1.82, 2.24) is 9.71 Å². The van der Waals surface area contributed by atoms with Gasteiger partial charge in [0.1, 0.15) is 12.0 Å². The van der Waals surface area contributed by atoms with Crippen LogP contribution in [0.15, 0.2) is 83.6 Å². The highest BCUT2D eigenvalue weighted by Gasteiger charge is 2.36. The standard InChI is InChI=1S/C30H34N2O6S/c1-5-9-25-26(17-12-21(4)31-25)38-29(27-19-36-28(37-27)18-22-10-7-6-8-11-22)30(33)32-39(34,35)24-15-13-23(14-16-24)20(2)3/h6-8,10-17,19-20,28-29H,5,9,18H2,1-4H3,(H,32,33). The summed E-state index contributed by atoms with van der Waals surface area (Å²) in [6.07, 6.45) is 1.07. The molecule has 1 aromatic heterocycles. The van der Waals surface area contributed by atoms with Gasteiger partial charge in [0.25, 0.3) is 15.9 Å². The van der Waals surface area contributed by atoms with E-state index in [2.05, 4.69) is 9.71 Å². The minimum absolute atomic E-state index is 0.0257. The molecular formula is C30H34N2O6S. The fourth-order valence-electron chi connectivity index (χ4n) is 4.14. The molecule has 0 saturated heterocycles. The predicted octanol–water partition coefficient (Wildman–Crippen LogP) is 5.18. The lowest BCUT2D eigenvalue weighted by atomic mass is 10.0. The molecule has 9 heteroatoms. The maximum atomic E-state index is 13.5. The van der Waals surface area contributed by atoms with Crippen molar-refractivity contribution in [2.24, 2.45) is 0 Å². The summed E-state index contributed by atoms with van der Waals surface area (Å²) in [7, 11) is -4.18. The number of hydrogen-bond donors (Lipinski definition) is 1. The Morgan fingerprint density at radius 3 is 2.44 bits per heavy atom. The van der Waals surface area contributed by atoms with Crippen LogP contribution in [0.25, 0.3) is 0 Å². The number of pyridine rings is 1. The molecule has 0 bridgehead atoms. The van der Waals surface area contributed by atoms with Gasteiger partial charge in [0.2, 0.25) is 12.4 Å². The normalized spacial score (nSPS) is 15.7. The minimum atomic E-state index is -4.18. The van der Waals surface area contributed by atoms with Crippen LogP contribution in [-0.4, -0.2) is 31.7 Å². The molecule has 1 amide bonds. The molecule has 2 unspecified atom stereocenters. The van der Waals surface area contributed by atoms with Crippen LogP contribution in [0.1, 0.15) is 55.6 Å². The molecule has 0 radical (unpaired) electrons. The predicted molar refractivity (Wildman–Crippen MR) is 147 cm³/mol. The summed E-state index contributed by atoms with van der Waals surface area (Å²) < 4.78 is 46.1. The maximum absolute atomic E-state index is 13.5. The SMILES string of the molecule is CCCc1nc(C)ccc1OC(C(=O)NS(=O)(=O)c1ccc(C(C)C)cc1)C1=COC(Cc2ccccc2)O1. The number of nitrogens with zero attached hydrogens (tertiary/aromatic N) is 1. The summed E-state index contributed by atoms with van der Waals surface area (Å²) in [5, 5.41) is 0. The molecule has 1 aliphatic heterocycles. The summed E-state index contributed by atoms with van der Waals surface area (Å²) in [6.45, 7) is 7.92. The van der Waals surface area contributed by atoms with Crippen molar-refractivity contribution in [3.63, 3.8) is 0 Å². The van der Waals surface area contributed by atoms with Gasteiger partial charge in [-0.05, 0) is 54.7 Å². The number of amides is 1. The molecular weight excluding hydrogens is 516 g/mol. The number of carbonyl (C=O) groups is 1. The average molecular weight is 551 g/mol. The Kier molecular flexibility index (Phi) is 8.91. The van der Waals surface area contributed by atoms with Crippen LogP contribution in [0.5, 0.6) is 5.75 Å². The molecule has 8 nitrogen and oxygen atoms in total. The van der Waals surface area contributed by atoms with Crippen LogP contribution in [0, 0.1) is 6.92 Å². The second-order valence-electron chi connectivity index (χ2n) is 9.73. The van der Waals surface area contributed by atoms with Gasteiger partial charge in [-0.1, -0.05) is 69.7 Å². The van der Waals surface area contributed by atoms with Crippen molar-refractivity contribution in [3.05, 3.63) is 101 Å². The summed E-state index contributed by atoms with van der Waals surface area (Å²) in [5.74, 6) is -0.217. The maximum Gasteiger partial charge on any atom is 0.282 e. The number of nitrogens with one attached hydrogen (secondary N) is 1. The molecule has 0 fully saturated rings. The number of rotatable bonds is 11. The number of aromatic nitrogens is 1. The lowest BCUT2D eigenvalue weighted by Gasteiger charge is -2.21. The van der Waals surface area contributed by atoms with Crippen molar-refractivity contribution in [2.75, 3.05) is 0 Å². The van der Waals surface area contributed by atoms with E-state index < -0.39 is 28.3 Å². The van der Waals surface area contributed by atoms with Gasteiger partial charge in [0.05, 0.1) is 10.6 Å². The molecule has 0 spiro atoms. The first-order valence-electron chi connectivity index (χ1n) is 13.0. The fourth-order valence-corrected chi connectivity index (χ4v) is 5.12. The van der Waals surface area contributed by atoms with E-state index in [1.165, 1.54) is 18.4 Å². The largest absolute Gasteiger partial charge is 0.470 e. The highest BCUT2D eigenvalue weighted by atomic mass is 32.2. The van der Waals surface area contributed by atoms with E-state index >= 15 is 0 Å². The monoisotopic (exact) mass is 550 g/mol. The molecule has 39 heavy (non-hydrogen) atoms. The molecule has 2 aromatic carbocycles. The van der Waals surface area contributed by atoms with E-state index in [1.54, 1.807) is 24.3 Å². The Hall–Kier alpha value is -3.85. The molecule has 2 atom stereocenters. The Balaban J connectivity index is 1.58. The lowest BCUT2D eigenvalue weighted by Crippen LogP contribution is -2.43. The number of carbonyl (C=O) groups excluding carboxylic acids is 1. The van der Waals surface area contributed by atoms with Crippen molar-refractivity contribution in [1.29, 1.82) is 0 Å². The van der Waals surface area contributed by atoms with Crippen molar-refractivity contribution in [2.45, 2.75) is 70.2 Å². The molecule has 206 valence electrons. The van der Waals surface area contributed by atoms with Crippen LogP contribution in [0.3, 0.4) is 0 Å². The van der Waals surface area contributed by atoms with Gasteiger partial charge in [-0.15, -0.1) is 0 Å². The number of ether oxygens (including phenoxy) is 3. The van der Waals surface area contributed by atoms with Gasteiger partial charge in [0, 0.05) is 12.1 Å². The van der Waals surface area contributed by atoms with E-state index in [-0.39, 0.29) is 16.6 Å². The van der Waals surface area contributed by atoms with E-state index in [9.17, 15) is 13.2 Å². The highest BCUT2D eigenvalue weighted by molar-refractivity contribution is 7.90. The Labute approximate surface area is 230 Å². The zero-order valence-corrected chi connectivity index (χ0v) is 23.4. The lowest BCUT2D eigenvalue weighted by molar-refractivity contribution is -0.127. The van der Waals surface area contributed by atoms with Gasteiger partial charge >= 0.3 is 0 Å². The van der Waals surface area contributed by atoms with Gasteiger partial charge in [-0.25, -0.2) is 13.1 Å². The molecule has 1 aliphatic rings. The number of sulfonamides is 1. The summed E-state index contributed by atoms with van der Waals surface area (Å²) in [6, 6.07) is 19.6. The van der Waals surface area contributed by atoms with Gasteiger partial charge < -0.3 is 14.2 Å². The van der Waals surface area contributed by atoms with E-state index in [0.29, 0.717) is 24.3 Å². The minimum Gasteiger partial charge on any atom is -0.470 e. The Morgan fingerprint density at radius 1 is 1.05 bits per heavy atom. The number of aryl methyl sites for hydroxylation is 2. The van der Waals surface area contributed by atoms with Crippen LogP contribution in [-0.2, 0) is 37.1 Å². The molecule has 3 aromatic rings. The van der Waals surface area contributed by atoms with Crippen molar-refractivity contribution < 1.29 is 27.4 Å². The smallest absolute Gasteiger partial charge is 0.282 e. The van der Waals surface area contributed by atoms with Crippen LogP contribution >= 0.6 is 0 Å². The first-order chi connectivity index (χ1) is 18.7. The first-order valence-corrected chi connectivity index (χ1v) is 14.5. The van der Waals surface area contributed by atoms with Crippen LogP contribution in [0.2, 0.25) is 0 Å². The third-order valence-electron chi connectivity index (χ3n) is 6.24. The Bertz CT molecular complexity index is 1420. The van der Waals surface area contributed by atoms with E-state index in [0.717, 1.165) is 23.2 Å². The topological polar surface area (TPSA) is 104 Å². The summed E-state index contributed by atoms with van der Waals surface area (Å²) in [4.78, 5) is 18.0. The third kappa shape index (κ3) is 7.17. The number of hydrogen-bond acceptors (Lipinski definition) is 7. The third-order valence-corrected chi connectivity index (χ3v) is 7.60. The first kappa shape index (κ1) is 28.2. The van der Waals surface area contributed by atoms with E-state index in [1.807, 2.05) is 58.0 Å². The molecule has 0 aliphatic carbocycles. The van der Waals surface area contributed by atoms with Gasteiger partial charge in [-0.2, -0.15) is 0 Å². The summed E-state index contributed by atoms with van der Waals surface area (Å²) in [5.41, 5.74) is 3.45. The fraction of sp³-hybridized carbons (Fsp3) is 0.333. The second kappa shape index (κ2) is 12.3. The zero-order valence-electron chi connectivity index (χ0n) is 22.6. The van der Waals surface area contributed by atoms with Gasteiger partial charge in [0.15, 0.2) is 5.76 Å². The van der Waals surface area contributed by atoms with E-state index in [4.69, 9.17) is 14.2 Å². The van der Waals surface area contributed by atoms with Crippen molar-refractivity contribution >= 4 is 15.9 Å². The average Bonchev–Trinajstić information content (AvgIpc) is 3.36. The summed E-state index contributed by atoms with van der Waals surface area (Å²) >= 11 is 0. The Morgan fingerprint density at radius 2 is 1.77 bits per heavy atom. The molecule has 0 saturated carbocycles. The van der Waals surface area contributed by atoms with Crippen LogP contribution in [0.4, 0.5) is 0 Å².